The minimum atomic E-state index is -4.49. The number of aromatic nitrogens is 1. The summed E-state index contributed by atoms with van der Waals surface area (Å²) >= 11 is 0. The van der Waals surface area contributed by atoms with Gasteiger partial charge in [0, 0.05) is 23.4 Å². The molecule has 158 valence electrons. The average Bonchev–Trinajstić information content (AvgIpc) is 2.75. The second-order valence-corrected chi connectivity index (χ2v) is 7.07. The molecule has 1 aliphatic rings. The summed E-state index contributed by atoms with van der Waals surface area (Å²) in [5.74, 6) is -0.741. The Bertz CT molecular complexity index is 1110. The predicted molar refractivity (Wildman–Crippen MR) is 106 cm³/mol. The summed E-state index contributed by atoms with van der Waals surface area (Å²) < 4.78 is 43.9. The molecule has 1 saturated heterocycles. The highest BCUT2D eigenvalue weighted by Crippen LogP contribution is 2.31. The van der Waals surface area contributed by atoms with Crippen molar-refractivity contribution in [3.63, 3.8) is 0 Å². The van der Waals surface area contributed by atoms with Crippen LogP contribution in [0, 0.1) is 0 Å². The summed E-state index contributed by atoms with van der Waals surface area (Å²) in [6.45, 7) is 0.370. The predicted octanol–water partition coefficient (Wildman–Crippen LogP) is 4.23. The number of halogens is 3. The Morgan fingerprint density at radius 2 is 1.58 bits per heavy atom. The first-order valence-electron chi connectivity index (χ1n) is 9.51. The van der Waals surface area contributed by atoms with Crippen LogP contribution in [0.2, 0.25) is 0 Å². The van der Waals surface area contributed by atoms with Gasteiger partial charge in [0.1, 0.15) is 6.10 Å². The normalized spacial score (nSPS) is 14.1. The molecule has 0 atom stereocenters. The molecule has 4 rings (SSSR count). The summed E-state index contributed by atoms with van der Waals surface area (Å²) in [5, 5.41) is 0. The maximum Gasteiger partial charge on any atom is 0.416 e. The van der Waals surface area contributed by atoms with Crippen molar-refractivity contribution in [3.8, 4) is 5.88 Å². The number of likely N-dealkylation sites (tertiary alicyclic amines) is 1. The van der Waals surface area contributed by atoms with Crippen molar-refractivity contribution in [1.82, 2.24) is 9.88 Å². The molecule has 5 nitrogen and oxygen atoms in total. The number of nitrogens with zero attached hydrogens (tertiary/aromatic N) is 2. The maximum atomic E-state index is 12.9. The van der Waals surface area contributed by atoms with Gasteiger partial charge in [0.15, 0.2) is 5.78 Å². The largest absolute Gasteiger partial charge is 0.471 e. The Balaban J connectivity index is 1.43. The Morgan fingerprint density at radius 3 is 2.26 bits per heavy atom. The van der Waals surface area contributed by atoms with Crippen molar-refractivity contribution in [3.05, 3.63) is 95.2 Å². The number of ether oxygens (including phenoxy) is 1. The van der Waals surface area contributed by atoms with Crippen LogP contribution in [0.15, 0.2) is 72.9 Å². The molecule has 0 radical (unpaired) electrons. The quantitative estimate of drug-likeness (QED) is 0.573. The van der Waals surface area contributed by atoms with E-state index < -0.39 is 17.8 Å². The van der Waals surface area contributed by atoms with E-state index in [9.17, 15) is 22.8 Å². The van der Waals surface area contributed by atoms with Crippen LogP contribution in [0.3, 0.4) is 0 Å². The fourth-order valence-corrected chi connectivity index (χ4v) is 3.28. The highest BCUT2D eigenvalue weighted by molar-refractivity contribution is 6.15. The highest BCUT2D eigenvalue weighted by Gasteiger charge is 2.35. The second kappa shape index (κ2) is 8.22. The van der Waals surface area contributed by atoms with Gasteiger partial charge < -0.3 is 9.64 Å². The zero-order valence-corrected chi connectivity index (χ0v) is 16.2. The van der Waals surface area contributed by atoms with Crippen LogP contribution < -0.4 is 4.74 Å². The molecule has 1 aromatic heterocycles. The molecule has 1 amide bonds. The minimum Gasteiger partial charge on any atom is -0.471 e. The van der Waals surface area contributed by atoms with Crippen LogP contribution in [0.1, 0.15) is 31.8 Å². The molecule has 0 spiro atoms. The molecule has 0 bridgehead atoms. The summed E-state index contributed by atoms with van der Waals surface area (Å²) in [6.07, 6.45) is -3.93. The van der Waals surface area contributed by atoms with Crippen LogP contribution >= 0.6 is 0 Å². The molecule has 8 heteroatoms. The van der Waals surface area contributed by atoms with Gasteiger partial charge in [-0.15, -0.1) is 0 Å². The lowest BCUT2D eigenvalue weighted by Crippen LogP contribution is -2.56. The topological polar surface area (TPSA) is 59.5 Å². The molecule has 0 N–H and O–H groups in total. The van der Waals surface area contributed by atoms with Crippen LogP contribution in [0.4, 0.5) is 13.2 Å². The van der Waals surface area contributed by atoms with Crippen molar-refractivity contribution in [2.24, 2.45) is 0 Å². The Hall–Kier alpha value is -3.68. The van der Waals surface area contributed by atoms with Crippen LogP contribution in [0.5, 0.6) is 5.88 Å². The van der Waals surface area contributed by atoms with Gasteiger partial charge >= 0.3 is 6.18 Å². The monoisotopic (exact) mass is 426 g/mol. The van der Waals surface area contributed by atoms with E-state index in [4.69, 9.17) is 4.74 Å². The van der Waals surface area contributed by atoms with Crippen molar-refractivity contribution in [2.45, 2.75) is 12.3 Å². The van der Waals surface area contributed by atoms with E-state index in [2.05, 4.69) is 4.98 Å². The minimum absolute atomic E-state index is 0.147. The molecule has 1 fully saturated rings. The molecule has 0 unspecified atom stereocenters. The number of benzene rings is 2. The number of ketones is 1. The van der Waals surface area contributed by atoms with Gasteiger partial charge in [0.25, 0.3) is 5.91 Å². The number of amides is 1. The van der Waals surface area contributed by atoms with Gasteiger partial charge in [-0.3, -0.25) is 9.59 Å². The van der Waals surface area contributed by atoms with E-state index in [0.717, 1.165) is 18.3 Å². The summed E-state index contributed by atoms with van der Waals surface area (Å²) in [5.41, 5.74) is 0.191. The Kier molecular flexibility index (Phi) is 5.46. The first-order chi connectivity index (χ1) is 14.8. The molecular formula is C23H17F3N2O3. The highest BCUT2D eigenvalue weighted by atomic mass is 19.4. The van der Waals surface area contributed by atoms with Crippen LogP contribution in [0.25, 0.3) is 0 Å². The van der Waals surface area contributed by atoms with E-state index in [1.807, 2.05) is 0 Å². The third-order valence-electron chi connectivity index (χ3n) is 4.92. The Morgan fingerprint density at radius 1 is 0.935 bits per heavy atom. The number of carbonyl (C=O) groups excluding carboxylic acids is 2. The maximum absolute atomic E-state index is 12.9. The number of hydrogen-bond acceptors (Lipinski definition) is 4. The molecule has 0 saturated carbocycles. The van der Waals surface area contributed by atoms with Gasteiger partial charge in [-0.05, 0) is 12.1 Å². The Labute approximate surface area is 176 Å². The van der Waals surface area contributed by atoms with Gasteiger partial charge in [0.05, 0.1) is 24.2 Å². The first kappa shape index (κ1) is 20.6. The lowest BCUT2D eigenvalue weighted by Gasteiger charge is -2.39. The number of rotatable bonds is 5. The molecule has 1 aliphatic heterocycles. The van der Waals surface area contributed by atoms with Gasteiger partial charge in [-0.2, -0.15) is 13.2 Å². The van der Waals surface area contributed by atoms with E-state index in [0.29, 0.717) is 11.1 Å². The molecule has 2 heterocycles. The lowest BCUT2D eigenvalue weighted by atomic mass is 9.96. The van der Waals surface area contributed by atoms with Crippen molar-refractivity contribution in [1.29, 1.82) is 0 Å². The standard InChI is InChI=1S/C23H17F3N2O3/c24-23(25,26)16-10-11-27-20(12-16)31-17-13-28(14-17)22(30)19-9-5-4-8-18(19)21(29)15-6-2-1-3-7-15/h1-12,17H,13-14H2. The van der Waals surface area contributed by atoms with E-state index in [1.54, 1.807) is 54.6 Å². The summed E-state index contributed by atoms with van der Waals surface area (Å²) in [6, 6.07) is 16.9. The fourth-order valence-electron chi connectivity index (χ4n) is 3.28. The number of carbonyl (C=O) groups is 2. The first-order valence-corrected chi connectivity index (χ1v) is 9.51. The third kappa shape index (κ3) is 4.42. The molecule has 3 aromatic rings. The van der Waals surface area contributed by atoms with Crippen LogP contribution in [-0.4, -0.2) is 40.8 Å². The number of pyridine rings is 1. The second-order valence-electron chi connectivity index (χ2n) is 7.07. The van der Waals surface area contributed by atoms with E-state index >= 15 is 0 Å². The van der Waals surface area contributed by atoms with Gasteiger partial charge in [0.2, 0.25) is 5.88 Å². The number of alkyl halides is 3. The van der Waals surface area contributed by atoms with E-state index in [1.165, 1.54) is 4.90 Å². The molecular weight excluding hydrogens is 409 g/mol. The summed E-state index contributed by atoms with van der Waals surface area (Å²) in [4.78, 5) is 31.0. The lowest BCUT2D eigenvalue weighted by molar-refractivity contribution is -0.137. The smallest absolute Gasteiger partial charge is 0.416 e. The van der Waals surface area contributed by atoms with Gasteiger partial charge in [-0.25, -0.2) is 4.98 Å². The van der Waals surface area contributed by atoms with Crippen molar-refractivity contribution in [2.75, 3.05) is 13.1 Å². The van der Waals surface area contributed by atoms with Crippen molar-refractivity contribution >= 4 is 11.7 Å². The van der Waals surface area contributed by atoms with E-state index in [-0.39, 0.29) is 36.2 Å². The summed E-state index contributed by atoms with van der Waals surface area (Å²) in [7, 11) is 0. The molecule has 2 aromatic carbocycles. The average molecular weight is 426 g/mol. The SMILES string of the molecule is O=C(c1ccccc1)c1ccccc1C(=O)N1CC(Oc2cc(C(F)(F)F)ccn2)C1. The zero-order valence-electron chi connectivity index (χ0n) is 16.2. The van der Waals surface area contributed by atoms with Crippen LogP contribution in [-0.2, 0) is 6.18 Å². The van der Waals surface area contributed by atoms with Gasteiger partial charge in [-0.1, -0.05) is 48.5 Å². The third-order valence-corrected chi connectivity index (χ3v) is 4.92. The number of hydrogen-bond donors (Lipinski definition) is 0. The van der Waals surface area contributed by atoms with Crippen molar-refractivity contribution < 1.29 is 27.5 Å². The zero-order chi connectivity index (χ0) is 22.0. The molecule has 31 heavy (non-hydrogen) atoms. The molecule has 0 aliphatic carbocycles. The fraction of sp³-hybridized carbons (Fsp3) is 0.174.